The van der Waals surface area contributed by atoms with E-state index < -0.39 is 0 Å². The third-order valence-electron chi connectivity index (χ3n) is 2.98. The molecule has 0 aliphatic heterocycles. The maximum Gasteiger partial charge on any atom is 0.150 e. The lowest BCUT2D eigenvalue weighted by Gasteiger charge is -2.07. The normalized spacial score (nSPS) is 10.6. The second-order valence-electron chi connectivity index (χ2n) is 4.08. The highest BCUT2D eigenvalue weighted by atomic mass is 16.1. The fourth-order valence-electron chi connectivity index (χ4n) is 2.07. The Morgan fingerprint density at radius 1 is 1.12 bits per heavy atom. The molecule has 0 atom stereocenters. The van der Waals surface area contributed by atoms with Crippen molar-refractivity contribution >= 4 is 17.1 Å². The van der Waals surface area contributed by atoms with Crippen LogP contribution >= 0.6 is 0 Å². The minimum absolute atomic E-state index is 0.867. The van der Waals surface area contributed by atoms with Crippen LogP contribution < -0.4 is 0 Å². The summed E-state index contributed by atoms with van der Waals surface area (Å²) in [5.74, 6) is 0. The van der Waals surface area contributed by atoms with Gasteiger partial charge in [0, 0.05) is 5.56 Å². The van der Waals surface area contributed by atoms with Gasteiger partial charge in [-0.25, -0.2) is 0 Å². The number of benzene rings is 2. The molecule has 0 aliphatic rings. The predicted molar refractivity (Wildman–Crippen MR) is 67.9 cm³/mol. The van der Waals surface area contributed by atoms with Crippen LogP contribution in [0.15, 0.2) is 36.4 Å². The smallest absolute Gasteiger partial charge is 0.150 e. The molecule has 0 saturated carbocycles. The van der Waals surface area contributed by atoms with Crippen molar-refractivity contribution in [3.05, 3.63) is 47.5 Å². The van der Waals surface area contributed by atoms with Crippen molar-refractivity contribution in [2.75, 3.05) is 0 Å². The second kappa shape index (κ2) is 4.93. The fourth-order valence-corrected chi connectivity index (χ4v) is 2.07. The zero-order valence-electron chi connectivity index (χ0n) is 9.57. The lowest BCUT2D eigenvalue weighted by Crippen LogP contribution is -1.94. The van der Waals surface area contributed by atoms with Gasteiger partial charge in [-0.2, -0.15) is 0 Å². The number of unbranched alkanes of at least 4 members (excludes halogenated alkanes) is 1. The fraction of sp³-hybridized carbons (Fsp3) is 0.267. The summed E-state index contributed by atoms with van der Waals surface area (Å²) < 4.78 is 0. The average Bonchev–Trinajstić information content (AvgIpc) is 2.35. The Labute approximate surface area is 96.1 Å². The Morgan fingerprint density at radius 3 is 2.69 bits per heavy atom. The maximum atomic E-state index is 11.2. The Balaban J connectivity index is 2.54. The van der Waals surface area contributed by atoms with E-state index in [1.54, 1.807) is 0 Å². The van der Waals surface area contributed by atoms with Crippen LogP contribution in [0.3, 0.4) is 0 Å². The molecule has 0 aromatic heterocycles. The Bertz CT molecular complexity index is 500. The van der Waals surface area contributed by atoms with E-state index in [4.69, 9.17) is 0 Å². The summed E-state index contributed by atoms with van der Waals surface area (Å²) in [7, 11) is 0. The Hall–Kier alpha value is -1.63. The van der Waals surface area contributed by atoms with Gasteiger partial charge in [0.1, 0.15) is 0 Å². The minimum Gasteiger partial charge on any atom is -0.298 e. The van der Waals surface area contributed by atoms with Crippen LogP contribution in [0.1, 0.15) is 35.7 Å². The van der Waals surface area contributed by atoms with Crippen LogP contribution in [0.25, 0.3) is 10.8 Å². The monoisotopic (exact) mass is 212 g/mol. The van der Waals surface area contributed by atoms with Crippen LogP contribution in [0.5, 0.6) is 0 Å². The first-order valence-corrected chi connectivity index (χ1v) is 5.82. The molecule has 2 aromatic rings. The third kappa shape index (κ3) is 1.99. The molecule has 0 fully saturated rings. The minimum atomic E-state index is 0.867. The van der Waals surface area contributed by atoms with Crippen molar-refractivity contribution in [2.45, 2.75) is 26.2 Å². The van der Waals surface area contributed by atoms with E-state index in [0.29, 0.717) is 0 Å². The third-order valence-corrected chi connectivity index (χ3v) is 2.98. The van der Waals surface area contributed by atoms with Gasteiger partial charge < -0.3 is 0 Å². The summed E-state index contributed by atoms with van der Waals surface area (Å²) in [6.07, 6.45) is 4.28. The molecular formula is C15H16O. The van der Waals surface area contributed by atoms with E-state index in [9.17, 15) is 4.79 Å². The second-order valence-corrected chi connectivity index (χ2v) is 4.08. The summed E-state index contributed by atoms with van der Waals surface area (Å²) in [4.78, 5) is 11.2. The largest absolute Gasteiger partial charge is 0.298 e. The van der Waals surface area contributed by atoms with Gasteiger partial charge in [0.2, 0.25) is 0 Å². The first kappa shape index (κ1) is 10.9. The van der Waals surface area contributed by atoms with Crippen molar-refractivity contribution in [3.8, 4) is 0 Å². The molecule has 0 heterocycles. The van der Waals surface area contributed by atoms with Crippen LogP contribution in [0.4, 0.5) is 0 Å². The lowest BCUT2D eigenvalue weighted by molar-refractivity contribution is 0.112. The molecule has 0 N–H and O–H groups in total. The molecule has 16 heavy (non-hydrogen) atoms. The highest BCUT2D eigenvalue weighted by molar-refractivity contribution is 5.99. The van der Waals surface area contributed by atoms with Gasteiger partial charge in [-0.3, -0.25) is 4.79 Å². The molecule has 0 aliphatic carbocycles. The zero-order valence-corrected chi connectivity index (χ0v) is 9.57. The van der Waals surface area contributed by atoms with E-state index in [1.807, 2.05) is 24.3 Å². The summed E-state index contributed by atoms with van der Waals surface area (Å²) in [5, 5.41) is 2.22. The highest BCUT2D eigenvalue weighted by Gasteiger charge is 2.05. The van der Waals surface area contributed by atoms with Crippen molar-refractivity contribution in [2.24, 2.45) is 0 Å². The summed E-state index contributed by atoms with van der Waals surface area (Å²) in [5.41, 5.74) is 2.04. The number of aryl methyl sites for hydroxylation is 1. The molecular weight excluding hydrogens is 196 g/mol. The zero-order chi connectivity index (χ0) is 11.4. The van der Waals surface area contributed by atoms with E-state index in [-0.39, 0.29) is 0 Å². The number of carbonyl (C=O) groups excluding carboxylic acids is 1. The number of carbonyl (C=O) groups is 1. The number of aldehydes is 1. The Kier molecular flexibility index (Phi) is 3.35. The van der Waals surface area contributed by atoms with Gasteiger partial charge in [0.15, 0.2) is 6.29 Å². The SMILES string of the molecule is CCCCc1ccc2ccccc2c1C=O. The van der Waals surface area contributed by atoms with E-state index >= 15 is 0 Å². The van der Waals surface area contributed by atoms with E-state index in [1.165, 1.54) is 5.56 Å². The van der Waals surface area contributed by atoms with Gasteiger partial charge >= 0.3 is 0 Å². The first-order valence-electron chi connectivity index (χ1n) is 5.82. The number of hydrogen-bond donors (Lipinski definition) is 0. The molecule has 0 spiro atoms. The maximum absolute atomic E-state index is 11.2. The molecule has 1 heteroatoms. The molecule has 82 valence electrons. The standard InChI is InChI=1S/C15H16O/c1-2-3-6-13-10-9-12-7-4-5-8-14(12)15(13)11-16/h4-5,7-11H,2-3,6H2,1H3. The number of rotatable bonds is 4. The van der Waals surface area contributed by atoms with Gasteiger partial charge in [-0.15, -0.1) is 0 Å². The summed E-state index contributed by atoms with van der Waals surface area (Å²) in [6.45, 7) is 2.17. The molecule has 1 nitrogen and oxygen atoms in total. The van der Waals surface area contributed by atoms with Crippen molar-refractivity contribution in [1.82, 2.24) is 0 Å². The summed E-state index contributed by atoms with van der Waals surface area (Å²) >= 11 is 0. The lowest BCUT2D eigenvalue weighted by atomic mass is 9.96. The van der Waals surface area contributed by atoms with E-state index in [2.05, 4.69) is 19.1 Å². The molecule has 0 radical (unpaired) electrons. The molecule has 0 saturated heterocycles. The topological polar surface area (TPSA) is 17.1 Å². The van der Waals surface area contributed by atoms with Gasteiger partial charge in [-0.1, -0.05) is 49.7 Å². The number of fused-ring (bicyclic) bond motifs is 1. The average molecular weight is 212 g/mol. The van der Waals surface area contributed by atoms with Crippen molar-refractivity contribution in [1.29, 1.82) is 0 Å². The van der Waals surface area contributed by atoms with Crippen LogP contribution in [0.2, 0.25) is 0 Å². The molecule has 0 bridgehead atoms. The number of hydrogen-bond acceptors (Lipinski definition) is 1. The Morgan fingerprint density at radius 2 is 1.94 bits per heavy atom. The van der Waals surface area contributed by atoms with Crippen molar-refractivity contribution < 1.29 is 4.79 Å². The van der Waals surface area contributed by atoms with Crippen molar-refractivity contribution in [3.63, 3.8) is 0 Å². The molecule has 2 aromatic carbocycles. The van der Waals surface area contributed by atoms with Crippen LogP contribution in [-0.4, -0.2) is 6.29 Å². The first-order chi connectivity index (χ1) is 7.86. The predicted octanol–water partition coefficient (Wildman–Crippen LogP) is 3.99. The van der Waals surface area contributed by atoms with E-state index in [0.717, 1.165) is 41.9 Å². The van der Waals surface area contributed by atoms with Gasteiger partial charge in [-0.05, 0) is 29.2 Å². The molecule has 0 unspecified atom stereocenters. The van der Waals surface area contributed by atoms with Gasteiger partial charge in [0.25, 0.3) is 0 Å². The molecule has 0 amide bonds. The molecule has 2 rings (SSSR count). The van der Waals surface area contributed by atoms with Gasteiger partial charge in [0.05, 0.1) is 0 Å². The highest BCUT2D eigenvalue weighted by Crippen LogP contribution is 2.22. The quantitative estimate of drug-likeness (QED) is 0.700. The van der Waals surface area contributed by atoms with Crippen LogP contribution in [-0.2, 0) is 6.42 Å². The summed E-state index contributed by atoms with van der Waals surface area (Å²) in [6, 6.07) is 12.2. The van der Waals surface area contributed by atoms with Crippen LogP contribution in [0, 0.1) is 0 Å².